The molecule has 1 unspecified atom stereocenters. The van der Waals surface area contributed by atoms with Crippen LogP contribution in [0.5, 0.6) is 0 Å². The van der Waals surface area contributed by atoms with E-state index in [1.165, 1.54) is 12.5 Å². The normalized spacial score (nSPS) is 19.9. The minimum atomic E-state index is -0.0537. The van der Waals surface area contributed by atoms with Gasteiger partial charge in [0.1, 0.15) is 12.6 Å². The van der Waals surface area contributed by atoms with Crippen LogP contribution in [0, 0.1) is 0 Å². The lowest BCUT2D eigenvalue weighted by Gasteiger charge is -2.32. The Morgan fingerprint density at radius 1 is 1.03 bits per heavy atom. The molecular weight excluding hydrogens is 408 g/mol. The first kappa shape index (κ1) is 20.7. The van der Waals surface area contributed by atoms with E-state index in [1.54, 1.807) is 18.6 Å². The average molecular weight is 437 g/mol. The van der Waals surface area contributed by atoms with E-state index in [-0.39, 0.29) is 17.7 Å². The zero-order valence-corrected chi connectivity index (χ0v) is 18.5. The molecule has 0 spiro atoms. The number of hydrogen-bond donors (Lipinski definition) is 0. The summed E-state index contributed by atoms with van der Waals surface area (Å²) in [6, 6.07) is 4.08. The van der Waals surface area contributed by atoms with E-state index in [1.807, 2.05) is 34.4 Å². The second-order valence-electron chi connectivity index (χ2n) is 8.89. The van der Waals surface area contributed by atoms with E-state index in [9.17, 15) is 9.59 Å². The van der Waals surface area contributed by atoms with Crippen molar-refractivity contribution in [3.63, 3.8) is 0 Å². The molecule has 2 saturated heterocycles. The molecule has 5 heterocycles. The second-order valence-corrected chi connectivity index (χ2v) is 8.89. The Kier molecular flexibility index (Phi) is 5.42. The zero-order chi connectivity index (χ0) is 22.2. The van der Waals surface area contributed by atoms with Gasteiger partial charge in [-0.2, -0.15) is 0 Å². The predicted octanol–water partition coefficient (Wildman–Crippen LogP) is 2.12. The van der Waals surface area contributed by atoms with Crippen LogP contribution in [0.15, 0.2) is 41.6 Å². The molecule has 2 fully saturated rings. The van der Waals surface area contributed by atoms with E-state index in [4.69, 9.17) is 4.42 Å². The Labute approximate surface area is 186 Å². The first-order chi connectivity index (χ1) is 15.5. The lowest BCUT2D eigenvalue weighted by atomic mass is 9.93. The lowest BCUT2D eigenvalue weighted by molar-refractivity contribution is 0.0710. The van der Waals surface area contributed by atoms with Crippen LogP contribution in [0.3, 0.4) is 0 Å². The predicted molar refractivity (Wildman–Crippen MR) is 118 cm³/mol. The molecule has 3 aromatic rings. The number of aromatic nitrogens is 3. The monoisotopic (exact) mass is 436 g/mol. The van der Waals surface area contributed by atoms with Crippen molar-refractivity contribution in [2.45, 2.75) is 31.2 Å². The number of furan rings is 1. The first-order valence-corrected chi connectivity index (χ1v) is 11.1. The highest BCUT2D eigenvalue weighted by molar-refractivity contribution is 5.98. The number of carbonyl (C=O) groups is 2. The van der Waals surface area contributed by atoms with Gasteiger partial charge in [0.05, 0.1) is 11.8 Å². The molecule has 2 aliphatic rings. The number of carbonyl (C=O) groups excluding carboxylic acids is 2. The summed E-state index contributed by atoms with van der Waals surface area (Å²) in [7, 11) is 4.10. The maximum atomic E-state index is 13.1. The number of nitrogens with zero attached hydrogens (tertiary/aromatic N) is 6. The number of rotatable bonds is 4. The van der Waals surface area contributed by atoms with Crippen LogP contribution in [-0.4, -0.2) is 87.2 Å². The van der Waals surface area contributed by atoms with E-state index < -0.39 is 0 Å². The summed E-state index contributed by atoms with van der Waals surface area (Å²) in [5.41, 5.74) is 2.70. The van der Waals surface area contributed by atoms with Crippen molar-refractivity contribution in [1.82, 2.24) is 29.1 Å². The highest BCUT2D eigenvalue weighted by Crippen LogP contribution is 2.29. The third kappa shape index (κ3) is 3.66. The minimum Gasteiger partial charge on any atom is -0.472 e. The largest absolute Gasteiger partial charge is 0.472 e. The molecular formula is C23H28N6O3. The molecule has 1 atom stereocenters. The van der Waals surface area contributed by atoms with Gasteiger partial charge < -0.3 is 19.1 Å². The van der Waals surface area contributed by atoms with Gasteiger partial charge in [-0.1, -0.05) is 0 Å². The number of amides is 2. The standard InChI is InChI=1S/C23H28N6O3/c1-26(2)18-6-11-28(13-18)23(31)20-21-24-8-3-19(29(21)15-25-20)16-4-9-27(10-5-16)22(30)17-7-12-32-14-17/h3,7-8,12,14-16,18H,4-6,9-11,13H2,1-2H3. The van der Waals surface area contributed by atoms with Crippen LogP contribution in [0.1, 0.15) is 51.7 Å². The van der Waals surface area contributed by atoms with E-state index >= 15 is 0 Å². The van der Waals surface area contributed by atoms with Crippen molar-refractivity contribution in [2.24, 2.45) is 0 Å². The molecule has 0 saturated carbocycles. The molecule has 5 rings (SSSR count). The molecule has 2 amide bonds. The lowest BCUT2D eigenvalue weighted by Crippen LogP contribution is -2.38. The molecule has 2 aliphatic heterocycles. The summed E-state index contributed by atoms with van der Waals surface area (Å²) in [4.78, 5) is 40.6. The molecule has 0 aliphatic carbocycles. The van der Waals surface area contributed by atoms with E-state index in [0.717, 1.165) is 31.5 Å². The molecule has 0 radical (unpaired) electrons. The highest BCUT2D eigenvalue weighted by Gasteiger charge is 2.31. The topological polar surface area (TPSA) is 87.2 Å². The summed E-state index contributed by atoms with van der Waals surface area (Å²) < 4.78 is 6.99. The van der Waals surface area contributed by atoms with Crippen LogP contribution in [0.2, 0.25) is 0 Å². The summed E-state index contributed by atoms with van der Waals surface area (Å²) in [6.45, 7) is 2.81. The Morgan fingerprint density at radius 2 is 1.81 bits per heavy atom. The molecule has 32 heavy (non-hydrogen) atoms. The Bertz CT molecular complexity index is 1110. The van der Waals surface area contributed by atoms with Crippen LogP contribution < -0.4 is 0 Å². The number of likely N-dealkylation sites (tertiary alicyclic amines) is 2. The molecule has 168 valence electrons. The van der Waals surface area contributed by atoms with Gasteiger partial charge in [-0.25, -0.2) is 9.97 Å². The van der Waals surface area contributed by atoms with Gasteiger partial charge >= 0.3 is 0 Å². The number of likely N-dealkylation sites (N-methyl/N-ethyl adjacent to an activating group) is 1. The minimum absolute atomic E-state index is 0.00855. The smallest absolute Gasteiger partial charge is 0.276 e. The van der Waals surface area contributed by atoms with Crippen molar-refractivity contribution in [3.05, 3.63) is 54.1 Å². The van der Waals surface area contributed by atoms with Gasteiger partial charge in [0.2, 0.25) is 0 Å². The molecule has 9 heteroatoms. The van der Waals surface area contributed by atoms with Crippen LogP contribution >= 0.6 is 0 Å². The van der Waals surface area contributed by atoms with Gasteiger partial charge in [-0.05, 0) is 45.5 Å². The summed E-state index contributed by atoms with van der Waals surface area (Å²) in [6.07, 6.45) is 9.16. The summed E-state index contributed by atoms with van der Waals surface area (Å²) in [5, 5.41) is 0. The maximum absolute atomic E-state index is 13.1. The average Bonchev–Trinajstić information content (AvgIpc) is 3.58. The van der Waals surface area contributed by atoms with Gasteiger partial charge in [-0.3, -0.25) is 14.0 Å². The van der Waals surface area contributed by atoms with Crippen molar-refractivity contribution < 1.29 is 14.0 Å². The maximum Gasteiger partial charge on any atom is 0.276 e. The Balaban J connectivity index is 1.32. The first-order valence-electron chi connectivity index (χ1n) is 11.1. The second kappa shape index (κ2) is 8.38. The molecule has 9 nitrogen and oxygen atoms in total. The molecule has 0 bridgehead atoms. The number of imidazole rings is 1. The third-order valence-electron chi connectivity index (χ3n) is 6.81. The van der Waals surface area contributed by atoms with Crippen molar-refractivity contribution in [1.29, 1.82) is 0 Å². The summed E-state index contributed by atoms with van der Waals surface area (Å²) >= 11 is 0. The van der Waals surface area contributed by atoms with Crippen LogP contribution in [-0.2, 0) is 0 Å². The fraction of sp³-hybridized carbons (Fsp3) is 0.478. The number of fused-ring (bicyclic) bond motifs is 1. The SMILES string of the molecule is CN(C)C1CCN(C(=O)c2ncn3c(C4CCN(C(=O)c5ccoc5)CC4)ccnc23)C1. The van der Waals surface area contributed by atoms with Crippen molar-refractivity contribution in [2.75, 3.05) is 40.3 Å². The fourth-order valence-electron chi connectivity index (χ4n) is 4.85. The van der Waals surface area contributed by atoms with Crippen molar-refractivity contribution >= 4 is 17.5 Å². The number of piperidine rings is 1. The molecule has 3 aromatic heterocycles. The highest BCUT2D eigenvalue weighted by atomic mass is 16.3. The van der Waals surface area contributed by atoms with Gasteiger partial charge in [0, 0.05) is 50.0 Å². The van der Waals surface area contributed by atoms with Gasteiger partial charge in [-0.15, -0.1) is 0 Å². The van der Waals surface area contributed by atoms with Gasteiger partial charge in [0.25, 0.3) is 11.8 Å². The molecule has 0 aromatic carbocycles. The Hall–Kier alpha value is -3.20. The van der Waals surface area contributed by atoms with Gasteiger partial charge in [0.15, 0.2) is 11.3 Å². The Morgan fingerprint density at radius 3 is 2.50 bits per heavy atom. The van der Waals surface area contributed by atoms with Crippen LogP contribution in [0.4, 0.5) is 0 Å². The quantitative estimate of drug-likeness (QED) is 0.623. The third-order valence-corrected chi connectivity index (χ3v) is 6.81. The van der Waals surface area contributed by atoms with Crippen molar-refractivity contribution in [3.8, 4) is 0 Å². The summed E-state index contributed by atoms with van der Waals surface area (Å²) in [5.74, 6) is 0.229. The number of hydrogen-bond acceptors (Lipinski definition) is 6. The van der Waals surface area contributed by atoms with E-state index in [2.05, 4.69) is 14.9 Å². The fourth-order valence-corrected chi connectivity index (χ4v) is 4.85. The molecule has 0 N–H and O–H groups in total. The van der Waals surface area contributed by atoms with Crippen LogP contribution in [0.25, 0.3) is 5.65 Å². The van der Waals surface area contributed by atoms with E-state index in [0.29, 0.717) is 42.6 Å². The zero-order valence-electron chi connectivity index (χ0n) is 18.5.